The lowest BCUT2D eigenvalue weighted by Gasteiger charge is -2.29. The van der Waals surface area contributed by atoms with Gasteiger partial charge in [0.15, 0.2) is 0 Å². The minimum atomic E-state index is -0.460. The van der Waals surface area contributed by atoms with Crippen LogP contribution in [-0.4, -0.2) is 11.7 Å². The molecule has 0 amide bonds. The van der Waals surface area contributed by atoms with Crippen LogP contribution in [0.4, 0.5) is 0 Å². The predicted molar refractivity (Wildman–Crippen MR) is 83.9 cm³/mol. The van der Waals surface area contributed by atoms with Crippen LogP contribution in [0.5, 0.6) is 0 Å². The zero-order valence-electron chi connectivity index (χ0n) is 11.9. The van der Waals surface area contributed by atoms with Crippen molar-refractivity contribution in [2.75, 3.05) is 6.61 Å². The predicted octanol–water partition coefficient (Wildman–Crippen LogP) is 3.65. The lowest BCUT2D eigenvalue weighted by molar-refractivity contribution is 0.173. The number of halogens is 1. The lowest BCUT2D eigenvalue weighted by atomic mass is 9.92. The van der Waals surface area contributed by atoms with Gasteiger partial charge < -0.3 is 10.4 Å². The van der Waals surface area contributed by atoms with Crippen LogP contribution in [-0.2, 0) is 12.1 Å². The number of aliphatic hydroxyl groups excluding tert-OH is 1. The van der Waals surface area contributed by atoms with Crippen molar-refractivity contribution in [3.8, 4) is 0 Å². The summed E-state index contributed by atoms with van der Waals surface area (Å²) in [6.07, 6.45) is 0. The van der Waals surface area contributed by atoms with Gasteiger partial charge in [0.25, 0.3) is 0 Å². The molecule has 0 bridgehead atoms. The first-order valence-electron chi connectivity index (χ1n) is 6.71. The Morgan fingerprint density at radius 2 is 1.85 bits per heavy atom. The van der Waals surface area contributed by atoms with E-state index in [-0.39, 0.29) is 6.61 Å². The Hall–Kier alpha value is -1.35. The summed E-state index contributed by atoms with van der Waals surface area (Å²) in [4.78, 5) is 0. The average molecular weight is 290 g/mol. The monoisotopic (exact) mass is 289 g/mol. The van der Waals surface area contributed by atoms with Crippen molar-refractivity contribution in [2.45, 2.75) is 25.9 Å². The Kier molecular flexibility index (Phi) is 4.81. The fraction of sp³-hybridized carbons (Fsp3) is 0.294. The minimum Gasteiger partial charge on any atom is -0.394 e. The summed E-state index contributed by atoms with van der Waals surface area (Å²) in [6, 6.07) is 16.0. The fourth-order valence-corrected chi connectivity index (χ4v) is 2.30. The Labute approximate surface area is 125 Å². The zero-order chi connectivity index (χ0) is 14.6. The highest BCUT2D eigenvalue weighted by Crippen LogP contribution is 2.22. The van der Waals surface area contributed by atoms with Crippen LogP contribution in [0.2, 0.25) is 5.02 Å². The number of nitrogens with one attached hydrogen (secondary N) is 1. The molecule has 0 radical (unpaired) electrons. The molecule has 2 aromatic carbocycles. The van der Waals surface area contributed by atoms with Crippen LogP contribution >= 0.6 is 11.6 Å². The Balaban J connectivity index is 2.13. The molecule has 20 heavy (non-hydrogen) atoms. The first-order chi connectivity index (χ1) is 9.55. The highest BCUT2D eigenvalue weighted by molar-refractivity contribution is 6.31. The average Bonchev–Trinajstić information content (AvgIpc) is 2.49. The molecular formula is C17H20ClNO. The molecular weight excluding hydrogens is 270 g/mol. The van der Waals surface area contributed by atoms with E-state index in [2.05, 4.69) is 11.4 Å². The molecule has 2 N–H and O–H groups in total. The number of rotatable bonds is 5. The summed E-state index contributed by atoms with van der Waals surface area (Å²) in [5.74, 6) is 0. The van der Waals surface area contributed by atoms with Crippen LogP contribution in [0.25, 0.3) is 0 Å². The van der Waals surface area contributed by atoms with Crippen molar-refractivity contribution in [1.82, 2.24) is 5.32 Å². The van der Waals surface area contributed by atoms with Gasteiger partial charge in [-0.05, 0) is 36.6 Å². The fourth-order valence-electron chi connectivity index (χ4n) is 2.10. The smallest absolute Gasteiger partial charge is 0.0652 e. The van der Waals surface area contributed by atoms with E-state index in [4.69, 9.17) is 11.6 Å². The van der Waals surface area contributed by atoms with Crippen LogP contribution in [0.15, 0.2) is 48.5 Å². The highest BCUT2D eigenvalue weighted by Gasteiger charge is 2.24. The molecule has 1 unspecified atom stereocenters. The van der Waals surface area contributed by atoms with Gasteiger partial charge in [-0.2, -0.15) is 0 Å². The van der Waals surface area contributed by atoms with Gasteiger partial charge >= 0.3 is 0 Å². The van der Waals surface area contributed by atoms with Gasteiger partial charge in [-0.1, -0.05) is 54.1 Å². The van der Waals surface area contributed by atoms with Crippen LogP contribution in [0, 0.1) is 6.92 Å². The Morgan fingerprint density at radius 1 is 1.15 bits per heavy atom. The van der Waals surface area contributed by atoms with Gasteiger partial charge in [0.1, 0.15) is 0 Å². The first kappa shape index (κ1) is 15.0. The highest BCUT2D eigenvalue weighted by atomic mass is 35.5. The quantitative estimate of drug-likeness (QED) is 0.881. The van der Waals surface area contributed by atoms with Gasteiger partial charge in [0, 0.05) is 11.6 Å². The molecule has 3 heteroatoms. The van der Waals surface area contributed by atoms with E-state index in [0.717, 1.165) is 21.7 Å². The van der Waals surface area contributed by atoms with Crippen LogP contribution < -0.4 is 5.32 Å². The second-order valence-corrected chi connectivity index (χ2v) is 5.70. The normalized spacial score (nSPS) is 14.0. The van der Waals surface area contributed by atoms with Gasteiger partial charge in [0.2, 0.25) is 0 Å². The molecule has 2 nitrogen and oxygen atoms in total. The standard InChI is InChI=1S/C17H20ClNO/c1-13-8-9-14(10-16(13)18)11-19-17(2,12-20)15-6-4-3-5-7-15/h3-10,19-20H,11-12H2,1-2H3. The Bertz CT molecular complexity index is 570. The molecule has 0 aliphatic carbocycles. The van der Waals surface area contributed by atoms with E-state index < -0.39 is 5.54 Å². The molecule has 0 aliphatic rings. The number of hydrogen-bond acceptors (Lipinski definition) is 2. The maximum absolute atomic E-state index is 9.73. The third-order valence-electron chi connectivity index (χ3n) is 3.65. The van der Waals surface area contributed by atoms with Gasteiger partial charge in [-0.25, -0.2) is 0 Å². The van der Waals surface area contributed by atoms with E-state index in [0.29, 0.717) is 6.54 Å². The summed E-state index contributed by atoms with van der Waals surface area (Å²) in [5, 5.41) is 13.9. The van der Waals surface area contributed by atoms with E-state index in [9.17, 15) is 5.11 Å². The van der Waals surface area contributed by atoms with Crippen LogP contribution in [0.3, 0.4) is 0 Å². The molecule has 0 heterocycles. The third kappa shape index (κ3) is 3.40. The molecule has 2 aromatic rings. The summed E-state index contributed by atoms with van der Waals surface area (Å²) in [7, 11) is 0. The van der Waals surface area contributed by atoms with Crippen molar-refractivity contribution < 1.29 is 5.11 Å². The first-order valence-corrected chi connectivity index (χ1v) is 7.09. The van der Waals surface area contributed by atoms with Crippen molar-refractivity contribution in [3.63, 3.8) is 0 Å². The summed E-state index contributed by atoms with van der Waals surface area (Å²) >= 11 is 6.14. The van der Waals surface area contributed by atoms with E-state index in [1.54, 1.807) is 0 Å². The van der Waals surface area contributed by atoms with Crippen molar-refractivity contribution in [3.05, 3.63) is 70.2 Å². The van der Waals surface area contributed by atoms with Gasteiger partial charge in [0.05, 0.1) is 12.1 Å². The van der Waals surface area contributed by atoms with Crippen LogP contribution in [0.1, 0.15) is 23.6 Å². The summed E-state index contributed by atoms with van der Waals surface area (Å²) < 4.78 is 0. The zero-order valence-corrected chi connectivity index (χ0v) is 12.6. The number of hydrogen-bond donors (Lipinski definition) is 2. The van der Waals surface area contributed by atoms with E-state index in [1.807, 2.05) is 56.3 Å². The van der Waals surface area contributed by atoms with Gasteiger partial charge in [-0.3, -0.25) is 0 Å². The molecule has 0 saturated heterocycles. The minimum absolute atomic E-state index is 0.0383. The number of aliphatic hydroxyl groups is 1. The molecule has 0 spiro atoms. The molecule has 106 valence electrons. The number of benzene rings is 2. The maximum Gasteiger partial charge on any atom is 0.0652 e. The Morgan fingerprint density at radius 3 is 2.45 bits per heavy atom. The molecule has 2 rings (SSSR count). The SMILES string of the molecule is Cc1ccc(CNC(C)(CO)c2ccccc2)cc1Cl. The largest absolute Gasteiger partial charge is 0.394 e. The third-order valence-corrected chi connectivity index (χ3v) is 4.05. The maximum atomic E-state index is 9.73. The van der Waals surface area contributed by atoms with Crippen molar-refractivity contribution in [1.29, 1.82) is 0 Å². The molecule has 0 aromatic heterocycles. The molecule has 1 atom stereocenters. The summed E-state index contributed by atoms with van der Waals surface area (Å²) in [5.41, 5.74) is 2.79. The van der Waals surface area contributed by atoms with E-state index in [1.165, 1.54) is 0 Å². The second kappa shape index (κ2) is 6.40. The molecule has 0 aliphatic heterocycles. The van der Waals surface area contributed by atoms with Crippen molar-refractivity contribution in [2.24, 2.45) is 0 Å². The van der Waals surface area contributed by atoms with E-state index >= 15 is 0 Å². The number of aryl methyl sites for hydroxylation is 1. The lowest BCUT2D eigenvalue weighted by Crippen LogP contribution is -2.42. The topological polar surface area (TPSA) is 32.3 Å². The van der Waals surface area contributed by atoms with Gasteiger partial charge in [-0.15, -0.1) is 0 Å². The molecule has 0 saturated carbocycles. The van der Waals surface area contributed by atoms with Crippen molar-refractivity contribution >= 4 is 11.6 Å². The molecule has 0 fully saturated rings. The summed E-state index contributed by atoms with van der Waals surface area (Å²) in [6.45, 7) is 4.68. The second-order valence-electron chi connectivity index (χ2n) is 5.29.